The minimum absolute atomic E-state index is 0.0248. The monoisotopic (exact) mass is 220 g/mol. The van der Waals surface area contributed by atoms with Crippen molar-refractivity contribution in [1.82, 2.24) is 19.3 Å². The molecule has 5 nitrogen and oxygen atoms in total. The molecular formula is C11H16N4O. The predicted molar refractivity (Wildman–Crippen MR) is 62.4 cm³/mol. The molecule has 0 fully saturated rings. The molecule has 2 heterocycles. The van der Waals surface area contributed by atoms with E-state index in [1.165, 1.54) is 0 Å². The maximum atomic E-state index is 12.2. The van der Waals surface area contributed by atoms with Gasteiger partial charge in [0.05, 0.1) is 6.20 Å². The van der Waals surface area contributed by atoms with E-state index in [9.17, 15) is 4.79 Å². The summed E-state index contributed by atoms with van der Waals surface area (Å²) in [6.45, 7) is 4.79. The van der Waals surface area contributed by atoms with Gasteiger partial charge in [0.2, 0.25) is 0 Å². The van der Waals surface area contributed by atoms with E-state index in [4.69, 9.17) is 0 Å². The van der Waals surface area contributed by atoms with Gasteiger partial charge in [0.15, 0.2) is 5.65 Å². The number of hydrogen-bond acceptors (Lipinski definition) is 3. The second kappa shape index (κ2) is 4.08. The molecule has 16 heavy (non-hydrogen) atoms. The van der Waals surface area contributed by atoms with Crippen LogP contribution >= 0.6 is 0 Å². The SMILES string of the molecule is CCCn1c(CC)nc2c(cnn2C)c1=O. The number of aromatic nitrogens is 4. The summed E-state index contributed by atoms with van der Waals surface area (Å²) >= 11 is 0. The molecule has 0 aliphatic carbocycles. The van der Waals surface area contributed by atoms with Crippen LogP contribution in [0.2, 0.25) is 0 Å². The van der Waals surface area contributed by atoms with E-state index in [1.807, 2.05) is 6.92 Å². The Hall–Kier alpha value is -1.65. The van der Waals surface area contributed by atoms with Crippen LogP contribution in [0, 0.1) is 0 Å². The highest BCUT2D eigenvalue weighted by atomic mass is 16.1. The molecule has 0 amide bonds. The molecule has 0 aliphatic rings. The van der Waals surface area contributed by atoms with Crippen molar-refractivity contribution >= 4 is 11.0 Å². The van der Waals surface area contributed by atoms with Gasteiger partial charge in [-0.15, -0.1) is 0 Å². The van der Waals surface area contributed by atoms with Crippen LogP contribution < -0.4 is 5.56 Å². The smallest absolute Gasteiger partial charge is 0.264 e. The largest absolute Gasteiger partial charge is 0.296 e. The summed E-state index contributed by atoms with van der Waals surface area (Å²) in [4.78, 5) is 16.7. The van der Waals surface area contributed by atoms with Crippen LogP contribution in [0.3, 0.4) is 0 Å². The van der Waals surface area contributed by atoms with E-state index in [0.29, 0.717) is 11.0 Å². The maximum Gasteiger partial charge on any atom is 0.264 e. The number of fused-ring (bicyclic) bond motifs is 1. The van der Waals surface area contributed by atoms with E-state index in [0.717, 1.165) is 25.2 Å². The van der Waals surface area contributed by atoms with Crippen LogP contribution in [0.15, 0.2) is 11.0 Å². The molecule has 0 spiro atoms. The standard InChI is InChI=1S/C11H16N4O/c1-4-6-15-9(5-2)13-10-8(11(15)16)7-12-14(10)3/h7H,4-6H2,1-3H3. The van der Waals surface area contributed by atoms with Crippen molar-refractivity contribution in [1.29, 1.82) is 0 Å². The molecule has 0 radical (unpaired) electrons. The van der Waals surface area contributed by atoms with Crippen LogP contribution in [0.25, 0.3) is 11.0 Å². The molecule has 2 aromatic rings. The van der Waals surface area contributed by atoms with Crippen LogP contribution in [0.5, 0.6) is 0 Å². The van der Waals surface area contributed by atoms with Crippen molar-refractivity contribution in [3.63, 3.8) is 0 Å². The van der Waals surface area contributed by atoms with Crippen LogP contribution in [0.1, 0.15) is 26.1 Å². The zero-order valence-electron chi connectivity index (χ0n) is 9.90. The van der Waals surface area contributed by atoms with Crippen LogP contribution in [0.4, 0.5) is 0 Å². The molecule has 0 saturated heterocycles. The van der Waals surface area contributed by atoms with Gasteiger partial charge in [0.1, 0.15) is 11.2 Å². The molecule has 0 atom stereocenters. The Balaban J connectivity index is 2.78. The summed E-state index contributed by atoms with van der Waals surface area (Å²) in [6, 6.07) is 0. The first-order valence-corrected chi connectivity index (χ1v) is 5.60. The number of rotatable bonds is 3. The summed E-state index contributed by atoms with van der Waals surface area (Å²) in [5, 5.41) is 4.68. The van der Waals surface area contributed by atoms with Gasteiger partial charge in [0.25, 0.3) is 5.56 Å². The molecule has 2 aromatic heterocycles. The Morgan fingerprint density at radius 2 is 2.12 bits per heavy atom. The first-order chi connectivity index (χ1) is 7.69. The third kappa shape index (κ3) is 1.52. The summed E-state index contributed by atoms with van der Waals surface area (Å²) in [7, 11) is 1.80. The first-order valence-electron chi connectivity index (χ1n) is 5.60. The molecule has 0 unspecified atom stereocenters. The minimum atomic E-state index is 0.0248. The second-order valence-corrected chi connectivity index (χ2v) is 3.84. The van der Waals surface area contributed by atoms with Gasteiger partial charge >= 0.3 is 0 Å². The van der Waals surface area contributed by atoms with Gasteiger partial charge in [-0.1, -0.05) is 13.8 Å². The van der Waals surface area contributed by atoms with E-state index in [-0.39, 0.29) is 5.56 Å². The Kier molecular flexibility index (Phi) is 2.77. The molecule has 5 heteroatoms. The molecule has 0 aromatic carbocycles. The van der Waals surface area contributed by atoms with Crippen molar-refractivity contribution < 1.29 is 0 Å². The highest BCUT2D eigenvalue weighted by Crippen LogP contribution is 2.07. The van der Waals surface area contributed by atoms with E-state index in [1.54, 1.807) is 22.5 Å². The Morgan fingerprint density at radius 1 is 1.38 bits per heavy atom. The van der Waals surface area contributed by atoms with Gasteiger partial charge < -0.3 is 0 Å². The van der Waals surface area contributed by atoms with Gasteiger partial charge in [-0.3, -0.25) is 14.0 Å². The highest BCUT2D eigenvalue weighted by molar-refractivity contribution is 5.73. The lowest BCUT2D eigenvalue weighted by Crippen LogP contribution is -2.25. The van der Waals surface area contributed by atoms with Crippen molar-refractivity contribution in [2.75, 3.05) is 0 Å². The van der Waals surface area contributed by atoms with Gasteiger partial charge in [-0.2, -0.15) is 5.10 Å². The normalized spacial score (nSPS) is 11.2. The fourth-order valence-corrected chi connectivity index (χ4v) is 1.88. The van der Waals surface area contributed by atoms with Crippen molar-refractivity contribution in [3.8, 4) is 0 Å². The Morgan fingerprint density at radius 3 is 2.75 bits per heavy atom. The average molecular weight is 220 g/mol. The van der Waals surface area contributed by atoms with Crippen LogP contribution in [-0.4, -0.2) is 19.3 Å². The van der Waals surface area contributed by atoms with Crippen molar-refractivity contribution in [3.05, 3.63) is 22.4 Å². The molecule has 86 valence electrons. The van der Waals surface area contributed by atoms with E-state index < -0.39 is 0 Å². The minimum Gasteiger partial charge on any atom is -0.296 e. The fraction of sp³-hybridized carbons (Fsp3) is 0.545. The second-order valence-electron chi connectivity index (χ2n) is 3.84. The third-order valence-electron chi connectivity index (χ3n) is 2.69. The Bertz CT molecular complexity index is 567. The van der Waals surface area contributed by atoms with Crippen molar-refractivity contribution in [2.45, 2.75) is 33.2 Å². The first kappa shape index (κ1) is 10.9. The quantitative estimate of drug-likeness (QED) is 0.778. The molecular weight excluding hydrogens is 204 g/mol. The zero-order chi connectivity index (χ0) is 11.7. The number of nitrogens with zero attached hydrogens (tertiary/aromatic N) is 4. The van der Waals surface area contributed by atoms with Gasteiger partial charge in [0, 0.05) is 20.0 Å². The Labute approximate surface area is 93.7 Å². The van der Waals surface area contributed by atoms with Gasteiger partial charge in [-0.25, -0.2) is 4.98 Å². The van der Waals surface area contributed by atoms with Crippen LogP contribution in [-0.2, 0) is 20.0 Å². The summed E-state index contributed by atoms with van der Waals surface area (Å²) in [5.74, 6) is 0.836. The predicted octanol–water partition coefficient (Wildman–Crippen LogP) is 1.10. The topological polar surface area (TPSA) is 52.7 Å². The van der Waals surface area contributed by atoms with E-state index in [2.05, 4.69) is 17.0 Å². The molecule has 0 aliphatic heterocycles. The lowest BCUT2D eigenvalue weighted by molar-refractivity contribution is 0.608. The average Bonchev–Trinajstić information content (AvgIpc) is 2.64. The molecule has 2 rings (SSSR count). The molecule has 0 saturated carbocycles. The summed E-state index contributed by atoms with van der Waals surface area (Å²) in [6.07, 6.45) is 3.28. The number of hydrogen-bond donors (Lipinski definition) is 0. The zero-order valence-corrected chi connectivity index (χ0v) is 9.90. The summed E-state index contributed by atoms with van der Waals surface area (Å²) in [5.41, 5.74) is 0.700. The summed E-state index contributed by atoms with van der Waals surface area (Å²) < 4.78 is 3.40. The lowest BCUT2D eigenvalue weighted by atomic mass is 10.3. The maximum absolute atomic E-state index is 12.2. The highest BCUT2D eigenvalue weighted by Gasteiger charge is 2.11. The third-order valence-corrected chi connectivity index (χ3v) is 2.69. The van der Waals surface area contributed by atoms with E-state index >= 15 is 0 Å². The fourth-order valence-electron chi connectivity index (χ4n) is 1.88. The van der Waals surface area contributed by atoms with Gasteiger partial charge in [-0.05, 0) is 6.42 Å². The lowest BCUT2D eigenvalue weighted by Gasteiger charge is -2.09. The molecule has 0 bridgehead atoms. The number of aryl methyl sites for hydroxylation is 2. The van der Waals surface area contributed by atoms with Crippen molar-refractivity contribution in [2.24, 2.45) is 7.05 Å². The molecule has 0 N–H and O–H groups in total.